The second kappa shape index (κ2) is 8.57. The highest BCUT2D eigenvalue weighted by molar-refractivity contribution is 5.74. The van der Waals surface area contributed by atoms with E-state index in [2.05, 4.69) is 15.1 Å². The number of carbonyl (C=O) groups excluding carboxylic acids is 1. The number of halogens is 3. The number of aromatic nitrogens is 2. The Hall–Kier alpha value is -2.88. The molecule has 1 aromatic heterocycles. The van der Waals surface area contributed by atoms with Crippen molar-refractivity contribution in [2.24, 2.45) is 0 Å². The normalized spacial score (nSPS) is 21.4. The predicted octanol–water partition coefficient (Wildman–Crippen LogP) is 3.26. The van der Waals surface area contributed by atoms with Crippen molar-refractivity contribution in [2.75, 3.05) is 31.1 Å². The number of morpholine rings is 1. The number of phenolic OH excluding ortho intramolecular Hbond substituents is 1. The van der Waals surface area contributed by atoms with Crippen LogP contribution in [0.2, 0.25) is 0 Å². The molecule has 0 bridgehead atoms. The Kier molecular flexibility index (Phi) is 5.98. The number of aryl methyl sites for hydroxylation is 1. The van der Waals surface area contributed by atoms with E-state index in [0.29, 0.717) is 49.7 Å². The fourth-order valence-electron chi connectivity index (χ4n) is 4.48. The number of hydrogen-bond donors (Lipinski definition) is 1. The quantitative estimate of drug-likeness (QED) is 0.774. The molecule has 2 aromatic rings. The number of likely N-dealkylation sites (tertiary alicyclic amines) is 1. The van der Waals surface area contributed by atoms with Gasteiger partial charge in [0.15, 0.2) is 5.82 Å². The Morgan fingerprint density at radius 2 is 2.03 bits per heavy atom. The number of anilines is 1. The molecule has 0 unspecified atom stereocenters. The third-order valence-corrected chi connectivity index (χ3v) is 6.14. The van der Waals surface area contributed by atoms with Gasteiger partial charge in [-0.05, 0) is 42.7 Å². The minimum Gasteiger partial charge on any atom is -0.507 e. The van der Waals surface area contributed by atoms with Gasteiger partial charge in [-0.3, -0.25) is 4.79 Å². The smallest absolute Gasteiger partial charge is 0.416 e. The highest BCUT2D eigenvalue weighted by Gasteiger charge is 2.38. The molecule has 2 aliphatic heterocycles. The Balaban J connectivity index is 1.63. The van der Waals surface area contributed by atoms with Gasteiger partial charge in [0.25, 0.3) is 0 Å². The Labute approximate surface area is 183 Å². The van der Waals surface area contributed by atoms with E-state index in [0.717, 1.165) is 18.6 Å². The number of aromatic hydroxyl groups is 1. The molecule has 2 fully saturated rings. The van der Waals surface area contributed by atoms with E-state index in [1.165, 1.54) is 0 Å². The topological polar surface area (TPSA) is 78.8 Å². The standard InChI is InChI=1S/C22H25F3N4O3/c1-3-14-10-15(22(23,24)25)11-18(31)21(14)16-4-5-20(27-26-16)29-8-9-32-19-6-7-28(13(2)30)12-17(19)29/h4-5,10-11,17,19,31H,3,6-9,12H2,1-2H3/t17-,19+/m0/s1. The first kappa shape index (κ1) is 22.3. The molecule has 2 saturated heterocycles. The molecule has 2 atom stereocenters. The van der Waals surface area contributed by atoms with E-state index >= 15 is 0 Å². The van der Waals surface area contributed by atoms with Gasteiger partial charge >= 0.3 is 6.18 Å². The van der Waals surface area contributed by atoms with Gasteiger partial charge in [0, 0.05) is 32.1 Å². The average molecular weight is 450 g/mol. The molecule has 1 amide bonds. The molecule has 3 heterocycles. The van der Waals surface area contributed by atoms with Crippen molar-refractivity contribution in [1.82, 2.24) is 15.1 Å². The predicted molar refractivity (Wildman–Crippen MR) is 111 cm³/mol. The molecule has 172 valence electrons. The number of piperidine rings is 1. The molecule has 1 aromatic carbocycles. The van der Waals surface area contributed by atoms with Gasteiger partial charge < -0.3 is 19.6 Å². The van der Waals surface area contributed by atoms with Gasteiger partial charge in [0.05, 0.1) is 30.0 Å². The first-order chi connectivity index (χ1) is 15.2. The van der Waals surface area contributed by atoms with Crippen molar-refractivity contribution in [1.29, 1.82) is 0 Å². The molecule has 0 saturated carbocycles. The van der Waals surface area contributed by atoms with E-state index in [1.54, 1.807) is 30.9 Å². The van der Waals surface area contributed by atoms with Crippen molar-refractivity contribution >= 4 is 11.7 Å². The number of rotatable bonds is 3. The van der Waals surface area contributed by atoms with Gasteiger partial charge in [-0.1, -0.05) is 6.92 Å². The maximum atomic E-state index is 13.1. The lowest BCUT2D eigenvalue weighted by Gasteiger charge is -2.47. The van der Waals surface area contributed by atoms with Crippen LogP contribution in [0.1, 0.15) is 31.4 Å². The third kappa shape index (κ3) is 4.23. The number of nitrogens with zero attached hydrogens (tertiary/aromatic N) is 4. The van der Waals surface area contributed by atoms with E-state index in [4.69, 9.17) is 4.74 Å². The molecular weight excluding hydrogens is 425 g/mol. The summed E-state index contributed by atoms with van der Waals surface area (Å²) in [5.74, 6) is 0.136. The summed E-state index contributed by atoms with van der Waals surface area (Å²) in [6.45, 7) is 5.57. The van der Waals surface area contributed by atoms with Crippen molar-refractivity contribution in [3.8, 4) is 17.0 Å². The highest BCUT2D eigenvalue weighted by Crippen LogP contribution is 2.39. The molecule has 4 rings (SSSR count). The van der Waals surface area contributed by atoms with E-state index < -0.39 is 17.5 Å². The van der Waals surface area contributed by atoms with Crippen molar-refractivity contribution in [2.45, 2.75) is 45.0 Å². The molecular formula is C22H25F3N4O3. The number of amides is 1. The number of ether oxygens (including phenoxy) is 1. The number of phenols is 1. The van der Waals surface area contributed by atoms with Crippen LogP contribution in [0.25, 0.3) is 11.3 Å². The largest absolute Gasteiger partial charge is 0.507 e. The number of carbonyl (C=O) groups is 1. The molecule has 0 aliphatic carbocycles. The first-order valence-electron chi connectivity index (χ1n) is 10.6. The summed E-state index contributed by atoms with van der Waals surface area (Å²) in [7, 11) is 0. The fourth-order valence-corrected chi connectivity index (χ4v) is 4.48. The van der Waals surface area contributed by atoms with Crippen LogP contribution in [0, 0.1) is 0 Å². The van der Waals surface area contributed by atoms with Gasteiger partial charge in [0.2, 0.25) is 5.91 Å². The molecule has 32 heavy (non-hydrogen) atoms. The van der Waals surface area contributed by atoms with Crippen LogP contribution in [0.15, 0.2) is 24.3 Å². The molecule has 1 N–H and O–H groups in total. The van der Waals surface area contributed by atoms with Gasteiger partial charge in [-0.2, -0.15) is 13.2 Å². The van der Waals surface area contributed by atoms with Crippen LogP contribution in [0.3, 0.4) is 0 Å². The van der Waals surface area contributed by atoms with Crippen LogP contribution in [-0.4, -0.2) is 64.5 Å². The summed E-state index contributed by atoms with van der Waals surface area (Å²) in [5.41, 5.74) is -0.00230. The zero-order chi connectivity index (χ0) is 23.0. The van der Waals surface area contributed by atoms with Crippen LogP contribution in [0.4, 0.5) is 19.0 Å². The SMILES string of the molecule is CCc1cc(C(F)(F)F)cc(O)c1-c1ccc(N2CCO[C@@H]3CCN(C(C)=O)C[C@@H]32)nn1. The van der Waals surface area contributed by atoms with Crippen LogP contribution in [0.5, 0.6) is 5.75 Å². The second-order valence-electron chi connectivity index (χ2n) is 8.08. The van der Waals surface area contributed by atoms with E-state index in [1.807, 2.05) is 0 Å². The monoisotopic (exact) mass is 450 g/mol. The summed E-state index contributed by atoms with van der Waals surface area (Å²) in [6.07, 6.45) is -3.52. The van der Waals surface area contributed by atoms with Crippen LogP contribution >= 0.6 is 0 Å². The zero-order valence-electron chi connectivity index (χ0n) is 17.9. The number of fused-ring (bicyclic) bond motifs is 1. The van der Waals surface area contributed by atoms with Gasteiger partial charge in [-0.15, -0.1) is 10.2 Å². The fraction of sp³-hybridized carbons (Fsp3) is 0.500. The summed E-state index contributed by atoms with van der Waals surface area (Å²) < 4.78 is 45.2. The van der Waals surface area contributed by atoms with Gasteiger partial charge in [-0.25, -0.2) is 0 Å². The summed E-state index contributed by atoms with van der Waals surface area (Å²) in [4.78, 5) is 15.7. The van der Waals surface area contributed by atoms with E-state index in [9.17, 15) is 23.1 Å². The lowest BCUT2D eigenvalue weighted by atomic mass is 9.97. The Morgan fingerprint density at radius 1 is 1.25 bits per heavy atom. The number of hydrogen-bond acceptors (Lipinski definition) is 6. The van der Waals surface area contributed by atoms with Crippen molar-refractivity contribution < 1.29 is 27.8 Å². The lowest BCUT2D eigenvalue weighted by molar-refractivity contribution is -0.137. The Morgan fingerprint density at radius 3 is 2.66 bits per heavy atom. The van der Waals surface area contributed by atoms with Crippen molar-refractivity contribution in [3.63, 3.8) is 0 Å². The minimum atomic E-state index is -4.55. The average Bonchev–Trinajstić information content (AvgIpc) is 2.77. The summed E-state index contributed by atoms with van der Waals surface area (Å²) >= 11 is 0. The van der Waals surface area contributed by atoms with Crippen molar-refractivity contribution in [3.05, 3.63) is 35.4 Å². The summed E-state index contributed by atoms with van der Waals surface area (Å²) in [6, 6.07) is 5.10. The molecule has 2 aliphatic rings. The molecule has 0 radical (unpaired) electrons. The molecule has 0 spiro atoms. The van der Waals surface area contributed by atoms with Gasteiger partial charge in [0.1, 0.15) is 5.75 Å². The zero-order valence-corrected chi connectivity index (χ0v) is 17.9. The highest BCUT2D eigenvalue weighted by atomic mass is 19.4. The second-order valence-corrected chi connectivity index (χ2v) is 8.08. The maximum absolute atomic E-state index is 13.1. The van der Waals surface area contributed by atoms with Crippen LogP contribution in [-0.2, 0) is 22.1 Å². The van der Waals surface area contributed by atoms with E-state index in [-0.39, 0.29) is 23.6 Å². The summed E-state index contributed by atoms with van der Waals surface area (Å²) in [5, 5.41) is 18.9. The Bertz CT molecular complexity index is 997. The number of alkyl halides is 3. The molecule has 7 nitrogen and oxygen atoms in total. The van der Waals surface area contributed by atoms with Crippen LogP contribution < -0.4 is 4.90 Å². The number of benzene rings is 1. The minimum absolute atomic E-state index is 0.00789. The lowest BCUT2D eigenvalue weighted by Crippen LogP contribution is -2.61. The molecule has 10 heteroatoms. The first-order valence-corrected chi connectivity index (χ1v) is 10.6. The maximum Gasteiger partial charge on any atom is 0.416 e. The third-order valence-electron chi connectivity index (χ3n) is 6.14.